The van der Waals surface area contributed by atoms with Crippen molar-refractivity contribution in [1.82, 2.24) is 10.2 Å². The first-order valence-corrected chi connectivity index (χ1v) is 12.8. The van der Waals surface area contributed by atoms with E-state index in [1.54, 1.807) is 0 Å². The summed E-state index contributed by atoms with van der Waals surface area (Å²) >= 11 is 0. The number of unbranched alkanes of at least 4 members (excludes halogenated alkanes) is 1. The molecule has 0 radical (unpaired) electrons. The van der Waals surface area contributed by atoms with E-state index in [1.807, 2.05) is 0 Å². The molecule has 1 heterocycles. The Morgan fingerprint density at radius 3 is 2.30 bits per heavy atom. The number of aldehydes is 1. The normalized spacial score (nSPS) is 20.1. The first-order valence-electron chi connectivity index (χ1n) is 12.8. The van der Waals surface area contributed by atoms with Crippen LogP contribution in [-0.4, -0.2) is 42.8 Å². The fraction of sp³-hybridized carbons (Fsp3) is 0.517. The number of carbonyl (C=O) groups excluding carboxylic acids is 2. The van der Waals surface area contributed by atoms with E-state index in [2.05, 4.69) is 65.7 Å². The van der Waals surface area contributed by atoms with E-state index < -0.39 is 5.41 Å². The minimum Gasteiger partial charge on any atom is -0.355 e. The molecule has 1 aliphatic heterocycles. The summed E-state index contributed by atoms with van der Waals surface area (Å²) in [5, 5.41) is 3.08. The molecule has 0 bridgehead atoms. The fourth-order valence-electron chi connectivity index (χ4n) is 5.63. The van der Waals surface area contributed by atoms with Gasteiger partial charge in [-0.2, -0.15) is 0 Å². The lowest BCUT2D eigenvalue weighted by atomic mass is 9.77. The fourth-order valence-corrected chi connectivity index (χ4v) is 5.63. The first kappa shape index (κ1) is 23.7. The van der Waals surface area contributed by atoms with Crippen molar-refractivity contribution in [2.24, 2.45) is 0 Å². The first-order chi connectivity index (χ1) is 16.1. The van der Waals surface area contributed by atoms with E-state index >= 15 is 0 Å². The molecule has 1 aliphatic carbocycles. The van der Waals surface area contributed by atoms with Crippen LogP contribution in [0.5, 0.6) is 0 Å². The number of rotatable bonds is 10. The van der Waals surface area contributed by atoms with Crippen LogP contribution in [-0.2, 0) is 21.4 Å². The number of nitrogens with zero attached hydrogens (tertiary/aromatic N) is 1. The zero-order valence-corrected chi connectivity index (χ0v) is 20.0. The number of nitrogens with one attached hydrogen (secondary N) is 1. The largest absolute Gasteiger partial charge is 0.355 e. The van der Waals surface area contributed by atoms with Gasteiger partial charge in [-0.1, -0.05) is 61.4 Å². The lowest BCUT2D eigenvalue weighted by molar-refractivity contribution is -0.126. The second-order valence-corrected chi connectivity index (χ2v) is 9.91. The van der Waals surface area contributed by atoms with Crippen molar-refractivity contribution in [2.75, 3.05) is 19.6 Å². The van der Waals surface area contributed by atoms with Gasteiger partial charge in [-0.3, -0.25) is 4.79 Å². The summed E-state index contributed by atoms with van der Waals surface area (Å²) in [7, 11) is 0. The monoisotopic (exact) mass is 446 g/mol. The zero-order valence-electron chi connectivity index (χ0n) is 20.0. The molecule has 2 aromatic carbocycles. The van der Waals surface area contributed by atoms with Gasteiger partial charge >= 0.3 is 0 Å². The Bertz CT molecular complexity index is 914. The summed E-state index contributed by atoms with van der Waals surface area (Å²) in [6.07, 6.45) is 9.85. The molecule has 0 aromatic heterocycles. The lowest BCUT2D eigenvalue weighted by Gasteiger charge is -2.28. The molecule has 4 nitrogen and oxygen atoms in total. The summed E-state index contributed by atoms with van der Waals surface area (Å²) in [5.74, 6) is 0.121. The van der Waals surface area contributed by atoms with Crippen LogP contribution in [0.4, 0.5) is 0 Å². The van der Waals surface area contributed by atoms with Gasteiger partial charge in [0.2, 0.25) is 5.91 Å². The van der Waals surface area contributed by atoms with Crippen molar-refractivity contribution >= 4 is 12.2 Å². The van der Waals surface area contributed by atoms with Crippen molar-refractivity contribution in [3.63, 3.8) is 0 Å². The van der Waals surface area contributed by atoms with E-state index in [0.29, 0.717) is 19.4 Å². The van der Waals surface area contributed by atoms with Crippen molar-refractivity contribution in [2.45, 2.75) is 76.2 Å². The summed E-state index contributed by atoms with van der Waals surface area (Å²) < 4.78 is 0. The van der Waals surface area contributed by atoms with Gasteiger partial charge in [0.25, 0.3) is 0 Å². The molecule has 2 aliphatic rings. The third-order valence-corrected chi connectivity index (χ3v) is 7.78. The number of hydrogen-bond acceptors (Lipinski definition) is 3. The van der Waals surface area contributed by atoms with Gasteiger partial charge in [-0.05, 0) is 74.2 Å². The molecule has 176 valence electrons. The van der Waals surface area contributed by atoms with Gasteiger partial charge in [-0.25, -0.2) is 0 Å². The van der Waals surface area contributed by atoms with Crippen molar-refractivity contribution < 1.29 is 9.59 Å². The molecule has 1 saturated heterocycles. The Morgan fingerprint density at radius 1 is 1.03 bits per heavy atom. The van der Waals surface area contributed by atoms with Crippen LogP contribution in [0.3, 0.4) is 0 Å². The summed E-state index contributed by atoms with van der Waals surface area (Å²) in [6.45, 7) is 5.30. The minimum atomic E-state index is -0.420. The zero-order chi connectivity index (χ0) is 23.1. The van der Waals surface area contributed by atoms with E-state index in [-0.39, 0.29) is 5.91 Å². The highest BCUT2D eigenvalue weighted by atomic mass is 16.2. The Morgan fingerprint density at radius 2 is 1.70 bits per heavy atom. The van der Waals surface area contributed by atoms with Crippen LogP contribution in [0.25, 0.3) is 11.1 Å². The second kappa shape index (κ2) is 11.1. The van der Waals surface area contributed by atoms with Crippen LogP contribution < -0.4 is 5.32 Å². The molecule has 33 heavy (non-hydrogen) atoms. The second-order valence-electron chi connectivity index (χ2n) is 9.91. The number of benzene rings is 2. The molecule has 0 spiro atoms. The number of likely N-dealkylation sites (tertiary alicyclic amines) is 1. The predicted octanol–water partition coefficient (Wildman–Crippen LogP) is 5.29. The minimum absolute atomic E-state index is 0.121. The highest BCUT2D eigenvalue weighted by Crippen LogP contribution is 2.42. The molecular weight excluding hydrogens is 408 g/mol. The van der Waals surface area contributed by atoms with Crippen LogP contribution in [0.15, 0.2) is 48.5 Å². The maximum atomic E-state index is 13.1. The van der Waals surface area contributed by atoms with E-state index in [0.717, 1.165) is 56.5 Å². The lowest BCUT2D eigenvalue weighted by Crippen LogP contribution is -2.43. The summed E-state index contributed by atoms with van der Waals surface area (Å²) in [6, 6.07) is 18.3. The molecular formula is C29H38N2O2. The van der Waals surface area contributed by atoms with E-state index in [1.165, 1.54) is 36.1 Å². The van der Waals surface area contributed by atoms with Gasteiger partial charge in [0, 0.05) is 25.6 Å². The average Bonchev–Trinajstić information content (AvgIpc) is 3.51. The SMILES string of the molecule is C[C@@H]1CCCN1CCc1ccc(-c2ccc(C3(C(=O)NCCCC=O)CCCC3)cc2)cc1. The van der Waals surface area contributed by atoms with Crippen molar-refractivity contribution in [3.05, 3.63) is 59.7 Å². The van der Waals surface area contributed by atoms with Gasteiger partial charge in [0.1, 0.15) is 6.29 Å². The van der Waals surface area contributed by atoms with Crippen LogP contribution in [0.2, 0.25) is 0 Å². The van der Waals surface area contributed by atoms with E-state index in [9.17, 15) is 9.59 Å². The van der Waals surface area contributed by atoms with Gasteiger partial charge in [0.05, 0.1) is 5.41 Å². The third-order valence-electron chi connectivity index (χ3n) is 7.78. The maximum absolute atomic E-state index is 13.1. The van der Waals surface area contributed by atoms with Crippen LogP contribution in [0.1, 0.15) is 69.4 Å². The Balaban J connectivity index is 1.40. The highest BCUT2D eigenvalue weighted by molar-refractivity contribution is 5.88. The third kappa shape index (κ3) is 5.55. The Kier molecular flexibility index (Phi) is 7.97. The molecule has 1 atom stereocenters. The number of amides is 1. The molecule has 2 aromatic rings. The van der Waals surface area contributed by atoms with Crippen LogP contribution in [0, 0.1) is 0 Å². The predicted molar refractivity (Wildman–Crippen MR) is 134 cm³/mol. The smallest absolute Gasteiger partial charge is 0.230 e. The number of carbonyl (C=O) groups is 2. The Hall–Kier alpha value is -2.46. The van der Waals surface area contributed by atoms with Gasteiger partial charge in [-0.15, -0.1) is 0 Å². The molecule has 1 saturated carbocycles. The average molecular weight is 447 g/mol. The molecule has 2 fully saturated rings. The summed E-state index contributed by atoms with van der Waals surface area (Å²) in [4.78, 5) is 26.2. The molecule has 1 amide bonds. The highest BCUT2D eigenvalue weighted by Gasteiger charge is 2.42. The van der Waals surface area contributed by atoms with Crippen molar-refractivity contribution in [1.29, 1.82) is 0 Å². The molecule has 0 unspecified atom stereocenters. The van der Waals surface area contributed by atoms with Crippen LogP contribution >= 0.6 is 0 Å². The quantitative estimate of drug-likeness (QED) is 0.399. The van der Waals surface area contributed by atoms with Gasteiger partial charge < -0.3 is 15.0 Å². The van der Waals surface area contributed by atoms with E-state index in [4.69, 9.17) is 0 Å². The summed E-state index contributed by atoms with van der Waals surface area (Å²) in [5.41, 5.74) is 4.51. The molecule has 4 rings (SSSR count). The molecule has 1 N–H and O–H groups in total. The van der Waals surface area contributed by atoms with Crippen molar-refractivity contribution in [3.8, 4) is 11.1 Å². The maximum Gasteiger partial charge on any atom is 0.230 e. The molecule has 4 heteroatoms. The number of hydrogen-bond donors (Lipinski definition) is 1. The Labute approximate surface area is 198 Å². The van der Waals surface area contributed by atoms with Gasteiger partial charge in [0.15, 0.2) is 0 Å². The topological polar surface area (TPSA) is 49.4 Å². The standard InChI is InChI=1S/C29H38N2O2/c1-23-7-6-20-31(23)21-16-24-8-10-25(11-9-24)26-12-14-27(15-13-26)29(17-2-3-18-29)28(33)30-19-4-5-22-32/h8-15,22-23H,2-7,16-21H2,1H3,(H,30,33)/t23-/m1/s1.